The lowest BCUT2D eigenvalue weighted by atomic mass is 10.2. The average molecular weight is 306 g/mol. The molecule has 0 amide bonds. The first kappa shape index (κ1) is 11.3. The van der Waals surface area contributed by atoms with Gasteiger partial charge in [-0.3, -0.25) is 0 Å². The minimum absolute atomic E-state index is 0.294. The van der Waals surface area contributed by atoms with Gasteiger partial charge in [0.05, 0.1) is 5.52 Å². The number of benzene rings is 1. The van der Waals surface area contributed by atoms with Crippen molar-refractivity contribution >= 4 is 27.1 Å². The van der Waals surface area contributed by atoms with Crippen LogP contribution in [0.2, 0.25) is 0 Å². The highest BCUT2D eigenvalue weighted by atomic mass is 79.9. The summed E-state index contributed by atoms with van der Waals surface area (Å²) >= 11 is 3.39. The van der Waals surface area contributed by atoms with Crippen molar-refractivity contribution in [1.29, 1.82) is 0 Å². The summed E-state index contributed by atoms with van der Waals surface area (Å²) in [6.07, 6.45) is 1.76. The second kappa shape index (κ2) is 4.17. The monoisotopic (exact) mass is 305 g/mol. The van der Waals surface area contributed by atoms with Crippen molar-refractivity contribution in [3.63, 3.8) is 0 Å². The lowest BCUT2D eigenvalue weighted by molar-refractivity contribution is 0.628. The quantitative estimate of drug-likeness (QED) is 0.742. The number of hydrogen-bond acceptors (Lipinski definition) is 2. The maximum atomic E-state index is 13.3. The zero-order valence-electron chi connectivity index (χ0n) is 9.54. The fraction of sp³-hybridized carbons (Fsp3) is 0.0769. The van der Waals surface area contributed by atoms with Gasteiger partial charge in [-0.2, -0.15) is 0 Å². The lowest BCUT2D eigenvalue weighted by Gasteiger charge is -2.00. The van der Waals surface area contributed by atoms with E-state index >= 15 is 0 Å². The Morgan fingerprint density at radius 1 is 1.28 bits per heavy atom. The molecule has 0 unspecified atom stereocenters. The summed E-state index contributed by atoms with van der Waals surface area (Å²) in [6.45, 7) is 1.96. The van der Waals surface area contributed by atoms with Crippen LogP contribution in [-0.4, -0.2) is 15.0 Å². The topological polar surface area (TPSA) is 41.6 Å². The molecule has 0 saturated carbocycles. The summed E-state index contributed by atoms with van der Waals surface area (Å²) in [7, 11) is 0. The number of aromatic amines is 1. The molecule has 3 nitrogen and oxygen atoms in total. The van der Waals surface area contributed by atoms with Gasteiger partial charge in [0.25, 0.3) is 0 Å². The molecule has 18 heavy (non-hydrogen) atoms. The minimum atomic E-state index is -0.294. The van der Waals surface area contributed by atoms with E-state index in [9.17, 15) is 4.39 Å². The molecule has 0 saturated heterocycles. The summed E-state index contributed by atoms with van der Waals surface area (Å²) in [5.41, 5.74) is 3.22. The summed E-state index contributed by atoms with van der Waals surface area (Å²) in [6, 6.07) is 6.47. The van der Waals surface area contributed by atoms with Crippen molar-refractivity contribution in [3.8, 4) is 11.4 Å². The maximum absolute atomic E-state index is 13.3. The Morgan fingerprint density at radius 3 is 2.94 bits per heavy atom. The van der Waals surface area contributed by atoms with E-state index in [0.717, 1.165) is 15.6 Å². The second-order valence-corrected chi connectivity index (χ2v) is 4.95. The summed E-state index contributed by atoms with van der Waals surface area (Å²) in [5.74, 6) is 0.312. The number of pyridine rings is 1. The van der Waals surface area contributed by atoms with E-state index < -0.39 is 0 Å². The van der Waals surface area contributed by atoms with Gasteiger partial charge in [0, 0.05) is 16.2 Å². The molecule has 3 aromatic rings. The normalized spacial score (nSPS) is 11.1. The van der Waals surface area contributed by atoms with E-state index in [1.54, 1.807) is 12.3 Å². The highest BCUT2D eigenvalue weighted by Crippen LogP contribution is 2.28. The van der Waals surface area contributed by atoms with Crippen LogP contribution in [0.3, 0.4) is 0 Å². The number of imidazole rings is 1. The largest absolute Gasteiger partial charge is 0.337 e. The molecular formula is C13H9BrFN3. The molecule has 0 spiro atoms. The zero-order chi connectivity index (χ0) is 12.7. The van der Waals surface area contributed by atoms with Crippen LogP contribution in [0.4, 0.5) is 4.39 Å². The lowest BCUT2D eigenvalue weighted by Crippen LogP contribution is -1.84. The summed E-state index contributed by atoms with van der Waals surface area (Å²) in [5, 5.41) is 0. The molecule has 2 heterocycles. The molecule has 0 fully saturated rings. The summed E-state index contributed by atoms with van der Waals surface area (Å²) in [4.78, 5) is 11.7. The number of rotatable bonds is 1. The van der Waals surface area contributed by atoms with E-state index in [0.29, 0.717) is 17.0 Å². The molecule has 90 valence electrons. The third kappa shape index (κ3) is 1.90. The molecule has 5 heteroatoms. The average Bonchev–Trinajstić information content (AvgIpc) is 2.74. The van der Waals surface area contributed by atoms with Gasteiger partial charge in [0.1, 0.15) is 11.6 Å². The number of nitrogens with zero attached hydrogens (tertiary/aromatic N) is 2. The molecule has 1 aromatic carbocycles. The first-order chi connectivity index (χ1) is 8.63. The number of aryl methyl sites for hydroxylation is 1. The SMILES string of the molecule is Cc1cnc2nc(-c3cc(F)ccc3Br)[nH]c2c1. The third-order valence-electron chi connectivity index (χ3n) is 2.66. The summed E-state index contributed by atoms with van der Waals surface area (Å²) < 4.78 is 14.1. The number of nitrogens with one attached hydrogen (secondary N) is 1. The van der Waals surface area contributed by atoms with Crippen LogP contribution in [0.25, 0.3) is 22.6 Å². The highest BCUT2D eigenvalue weighted by Gasteiger charge is 2.10. The van der Waals surface area contributed by atoms with Gasteiger partial charge in [-0.15, -0.1) is 0 Å². The highest BCUT2D eigenvalue weighted by molar-refractivity contribution is 9.10. The van der Waals surface area contributed by atoms with Crippen LogP contribution in [-0.2, 0) is 0 Å². The van der Waals surface area contributed by atoms with Crippen molar-refractivity contribution in [3.05, 3.63) is 46.3 Å². The van der Waals surface area contributed by atoms with E-state index in [4.69, 9.17) is 0 Å². The van der Waals surface area contributed by atoms with Crippen LogP contribution in [0.15, 0.2) is 34.9 Å². The van der Waals surface area contributed by atoms with Crippen molar-refractivity contribution in [2.24, 2.45) is 0 Å². The first-order valence-electron chi connectivity index (χ1n) is 5.41. The number of fused-ring (bicyclic) bond motifs is 1. The van der Waals surface area contributed by atoms with Crippen LogP contribution < -0.4 is 0 Å². The van der Waals surface area contributed by atoms with Gasteiger partial charge in [0.15, 0.2) is 5.65 Å². The van der Waals surface area contributed by atoms with Gasteiger partial charge in [-0.05, 0) is 36.8 Å². The van der Waals surface area contributed by atoms with E-state index in [1.807, 2.05) is 13.0 Å². The standard InChI is InChI=1S/C13H9BrFN3/c1-7-4-11-13(16-6-7)18-12(17-11)9-5-8(15)2-3-10(9)14/h2-6H,1H3,(H,16,17,18). The van der Waals surface area contributed by atoms with Crippen LogP contribution in [0, 0.1) is 12.7 Å². The zero-order valence-corrected chi connectivity index (χ0v) is 11.1. The van der Waals surface area contributed by atoms with Gasteiger partial charge < -0.3 is 4.98 Å². The Balaban J connectivity index is 2.22. The van der Waals surface area contributed by atoms with Gasteiger partial charge in [-0.25, -0.2) is 14.4 Å². The Hall–Kier alpha value is -1.75. The molecule has 3 rings (SSSR count). The predicted molar refractivity (Wildman–Crippen MR) is 71.7 cm³/mol. The van der Waals surface area contributed by atoms with Crippen LogP contribution in [0.5, 0.6) is 0 Å². The van der Waals surface area contributed by atoms with Gasteiger partial charge in [0.2, 0.25) is 0 Å². The number of halogens is 2. The fourth-order valence-corrected chi connectivity index (χ4v) is 2.25. The van der Waals surface area contributed by atoms with Crippen molar-refractivity contribution in [2.75, 3.05) is 0 Å². The molecular weight excluding hydrogens is 297 g/mol. The molecule has 0 atom stereocenters. The van der Waals surface area contributed by atoms with E-state index in [1.165, 1.54) is 12.1 Å². The van der Waals surface area contributed by atoms with Crippen molar-refractivity contribution < 1.29 is 4.39 Å². The third-order valence-corrected chi connectivity index (χ3v) is 3.35. The van der Waals surface area contributed by atoms with Crippen molar-refractivity contribution in [2.45, 2.75) is 6.92 Å². The molecule has 2 aromatic heterocycles. The Labute approximate surface area is 111 Å². The second-order valence-electron chi connectivity index (χ2n) is 4.09. The Kier molecular flexibility index (Phi) is 2.63. The first-order valence-corrected chi connectivity index (χ1v) is 6.20. The fourth-order valence-electron chi connectivity index (χ4n) is 1.81. The van der Waals surface area contributed by atoms with Gasteiger partial charge in [-0.1, -0.05) is 15.9 Å². The van der Waals surface area contributed by atoms with Crippen molar-refractivity contribution in [1.82, 2.24) is 15.0 Å². The molecule has 0 radical (unpaired) electrons. The Bertz CT molecular complexity index is 736. The number of H-pyrrole nitrogens is 1. The Morgan fingerprint density at radius 2 is 2.11 bits per heavy atom. The maximum Gasteiger partial charge on any atom is 0.178 e. The van der Waals surface area contributed by atoms with Crippen LogP contribution >= 0.6 is 15.9 Å². The molecule has 0 bridgehead atoms. The molecule has 1 N–H and O–H groups in total. The predicted octanol–water partition coefficient (Wildman–Crippen LogP) is 3.83. The number of aromatic nitrogens is 3. The number of hydrogen-bond donors (Lipinski definition) is 1. The molecule has 0 aliphatic heterocycles. The smallest absolute Gasteiger partial charge is 0.178 e. The van der Waals surface area contributed by atoms with E-state index in [2.05, 4.69) is 30.9 Å². The minimum Gasteiger partial charge on any atom is -0.337 e. The van der Waals surface area contributed by atoms with Crippen LogP contribution in [0.1, 0.15) is 5.56 Å². The van der Waals surface area contributed by atoms with E-state index in [-0.39, 0.29) is 5.82 Å². The molecule has 0 aliphatic carbocycles. The molecule has 0 aliphatic rings. The van der Waals surface area contributed by atoms with Gasteiger partial charge >= 0.3 is 0 Å².